The van der Waals surface area contributed by atoms with E-state index in [1.54, 1.807) is 0 Å². The summed E-state index contributed by atoms with van der Waals surface area (Å²) in [5, 5.41) is 6.23. The molecule has 2 N–H and O–H groups in total. The Morgan fingerprint density at radius 1 is 1.08 bits per heavy atom. The molecule has 9 heteroatoms. The molecule has 5 heterocycles. The average molecular weight is 519 g/mol. The summed E-state index contributed by atoms with van der Waals surface area (Å²) in [5.41, 5.74) is 2.96. The van der Waals surface area contributed by atoms with E-state index in [4.69, 9.17) is 16.3 Å². The lowest BCUT2D eigenvalue weighted by molar-refractivity contribution is 0.134. The van der Waals surface area contributed by atoms with E-state index < -0.39 is 0 Å². The molecule has 2 fully saturated rings. The molecule has 1 atom stereocenters. The first-order chi connectivity index (χ1) is 18.1. The van der Waals surface area contributed by atoms with E-state index in [-0.39, 0.29) is 12.1 Å². The van der Waals surface area contributed by atoms with E-state index in [0.29, 0.717) is 17.5 Å². The maximum atomic E-state index is 13.1. The predicted octanol–water partition coefficient (Wildman–Crippen LogP) is 5.23. The molecule has 2 aliphatic heterocycles. The predicted molar refractivity (Wildman–Crippen MR) is 146 cm³/mol. The minimum Gasteiger partial charge on any atom is -0.493 e. The van der Waals surface area contributed by atoms with Crippen molar-refractivity contribution >= 4 is 45.3 Å². The molecular weight excluding hydrogens is 488 g/mol. The van der Waals surface area contributed by atoms with Gasteiger partial charge >= 0.3 is 6.03 Å². The number of fused-ring (bicyclic) bond motifs is 3. The van der Waals surface area contributed by atoms with Gasteiger partial charge in [-0.1, -0.05) is 11.6 Å². The number of urea groups is 1. The number of carbonyl (C=O) groups is 1. The number of hydrogen-bond donors (Lipinski definition) is 2. The highest BCUT2D eigenvalue weighted by molar-refractivity contribution is 6.30. The Kier molecular flexibility index (Phi) is 6.74. The largest absolute Gasteiger partial charge is 0.493 e. The number of likely N-dealkylation sites (tertiary alicyclic amines) is 1. The summed E-state index contributed by atoms with van der Waals surface area (Å²) in [6.07, 6.45) is 9.50. The minimum absolute atomic E-state index is 0.0455. The van der Waals surface area contributed by atoms with E-state index >= 15 is 0 Å². The topological polar surface area (TPSA) is 86.4 Å². The normalized spacial score (nSPS) is 18.9. The van der Waals surface area contributed by atoms with Gasteiger partial charge in [-0.3, -0.25) is 4.98 Å². The molecular formula is C28H31ClN6O2. The first-order valence-electron chi connectivity index (χ1n) is 13.0. The quantitative estimate of drug-likeness (QED) is 0.377. The summed E-state index contributed by atoms with van der Waals surface area (Å²) in [7, 11) is 0. The lowest BCUT2D eigenvalue weighted by Crippen LogP contribution is -2.52. The van der Waals surface area contributed by atoms with Crippen molar-refractivity contribution in [3.63, 3.8) is 0 Å². The third-order valence-corrected chi connectivity index (χ3v) is 7.79. The molecule has 37 heavy (non-hydrogen) atoms. The Bertz CT molecular complexity index is 1380. The second kappa shape index (κ2) is 10.5. The number of pyridine rings is 2. The molecule has 2 amide bonds. The maximum Gasteiger partial charge on any atom is 0.317 e. The monoisotopic (exact) mass is 518 g/mol. The van der Waals surface area contributed by atoms with Crippen LogP contribution >= 0.6 is 11.6 Å². The number of nitrogens with zero attached hydrogens (tertiary/aromatic N) is 4. The van der Waals surface area contributed by atoms with Gasteiger partial charge in [-0.2, -0.15) is 0 Å². The van der Waals surface area contributed by atoms with Crippen LogP contribution in [0.2, 0.25) is 5.02 Å². The molecule has 192 valence electrons. The van der Waals surface area contributed by atoms with Crippen LogP contribution in [0.15, 0.2) is 55.0 Å². The number of ether oxygens (including phenoxy) is 1. The number of anilines is 1. The average Bonchev–Trinajstić information content (AvgIpc) is 3.42. The Hall–Kier alpha value is -3.52. The summed E-state index contributed by atoms with van der Waals surface area (Å²) < 4.78 is 5.95. The van der Waals surface area contributed by atoms with Crippen molar-refractivity contribution in [2.45, 2.75) is 31.7 Å². The van der Waals surface area contributed by atoms with Crippen LogP contribution in [0.4, 0.5) is 10.5 Å². The number of piperidine rings is 2. The van der Waals surface area contributed by atoms with Gasteiger partial charge in [-0.15, -0.1) is 0 Å². The molecule has 0 spiro atoms. The van der Waals surface area contributed by atoms with Gasteiger partial charge in [0.15, 0.2) is 0 Å². The molecule has 0 bridgehead atoms. The van der Waals surface area contributed by atoms with E-state index in [1.807, 2.05) is 47.8 Å². The fraction of sp³-hybridized carbons (Fsp3) is 0.393. The lowest BCUT2D eigenvalue weighted by atomic mass is 9.99. The Labute approximate surface area is 221 Å². The van der Waals surface area contributed by atoms with Crippen LogP contribution in [0.3, 0.4) is 0 Å². The zero-order valence-corrected chi connectivity index (χ0v) is 21.5. The Morgan fingerprint density at radius 3 is 2.76 bits per heavy atom. The van der Waals surface area contributed by atoms with Crippen molar-refractivity contribution in [1.82, 2.24) is 25.2 Å². The molecule has 2 aliphatic rings. The number of benzene rings is 1. The van der Waals surface area contributed by atoms with Crippen LogP contribution in [0, 0.1) is 5.92 Å². The highest BCUT2D eigenvalue weighted by Gasteiger charge is 2.28. The smallest absolute Gasteiger partial charge is 0.317 e. The molecule has 1 aromatic carbocycles. The summed E-state index contributed by atoms with van der Waals surface area (Å²) in [5.74, 6) is 1.14. The molecule has 8 nitrogen and oxygen atoms in total. The summed E-state index contributed by atoms with van der Waals surface area (Å²) in [6, 6.07) is 11.8. The number of carbonyl (C=O) groups excluding carboxylic acids is 1. The van der Waals surface area contributed by atoms with E-state index in [0.717, 1.165) is 79.5 Å². The van der Waals surface area contributed by atoms with Crippen molar-refractivity contribution in [1.29, 1.82) is 0 Å². The van der Waals surface area contributed by atoms with Crippen LogP contribution in [0.25, 0.3) is 21.9 Å². The van der Waals surface area contributed by atoms with Crippen LogP contribution < -0.4 is 15.0 Å². The van der Waals surface area contributed by atoms with Gasteiger partial charge in [0, 0.05) is 72.0 Å². The number of hydrogen-bond acceptors (Lipinski definition) is 5. The Balaban J connectivity index is 1.03. The van der Waals surface area contributed by atoms with Crippen molar-refractivity contribution in [2.75, 3.05) is 37.7 Å². The van der Waals surface area contributed by atoms with Gasteiger partial charge in [0.05, 0.1) is 18.3 Å². The van der Waals surface area contributed by atoms with Crippen LogP contribution in [-0.2, 0) is 0 Å². The van der Waals surface area contributed by atoms with E-state index in [9.17, 15) is 4.79 Å². The molecule has 1 unspecified atom stereocenters. The maximum absolute atomic E-state index is 13.1. The first-order valence-corrected chi connectivity index (χ1v) is 13.4. The van der Waals surface area contributed by atoms with Gasteiger partial charge in [-0.05, 0) is 62.1 Å². The van der Waals surface area contributed by atoms with Crippen molar-refractivity contribution in [2.24, 2.45) is 5.92 Å². The number of amides is 2. The first kappa shape index (κ1) is 23.9. The van der Waals surface area contributed by atoms with E-state index in [1.165, 1.54) is 5.69 Å². The fourth-order valence-electron chi connectivity index (χ4n) is 5.56. The zero-order chi connectivity index (χ0) is 25.2. The van der Waals surface area contributed by atoms with Gasteiger partial charge in [-0.25, -0.2) is 9.78 Å². The number of aromatic amines is 1. The molecule has 0 saturated carbocycles. The molecule has 0 aliphatic carbocycles. The molecule has 6 rings (SSSR count). The molecule has 3 aromatic heterocycles. The number of nitrogens with one attached hydrogen (secondary N) is 2. The van der Waals surface area contributed by atoms with Gasteiger partial charge in [0.1, 0.15) is 11.4 Å². The molecule has 2 saturated heterocycles. The standard InChI is InChI=1S/C28H31ClN6O2/c29-20-3-5-22(6-4-20)37-18-19-2-1-13-35(17-19)28(36)33-21-9-14-34(15-10-21)25-8-12-30-24-16-32-27-23(26(24)25)7-11-31-27/h3-8,11-12,16,19,21H,1-2,9-10,13-15,17-18H2,(H,31,32)(H,33,36). The van der Waals surface area contributed by atoms with Crippen molar-refractivity contribution in [3.05, 3.63) is 60.0 Å². The number of aromatic nitrogens is 3. The van der Waals surface area contributed by atoms with Gasteiger partial charge in [0.2, 0.25) is 0 Å². The second-order valence-corrected chi connectivity index (χ2v) is 10.5. The number of halogens is 1. The minimum atomic E-state index is 0.0455. The number of rotatable bonds is 5. The zero-order valence-electron chi connectivity index (χ0n) is 20.7. The second-order valence-electron chi connectivity index (χ2n) is 10.0. The van der Waals surface area contributed by atoms with Gasteiger partial charge in [0.25, 0.3) is 0 Å². The van der Waals surface area contributed by atoms with Gasteiger partial charge < -0.3 is 24.8 Å². The SMILES string of the molecule is O=C(NC1CCN(c2ccnc3cnc4[nH]ccc4c23)CC1)N1CCCC(COc2ccc(Cl)cc2)C1. The third-order valence-electron chi connectivity index (χ3n) is 7.54. The number of H-pyrrole nitrogens is 1. The third kappa shape index (κ3) is 5.16. The molecule has 4 aromatic rings. The Morgan fingerprint density at radius 2 is 1.92 bits per heavy atom. The fourth-order valence-corrected chi connectivity index (χ4v) is 5.69. The summed E-state index contributed by atoms with van der Waals surface area (Å²) in [6.45, 7) is 3.90. The lowest BCUT2D eigenvalue weighted by Gasteiger charge is -2.37. The highest BCUT2D eigenvalue weighted by atomic mass is 35.5. The van der Waals surface area contributed by atoms with Crippen molar-refractivity contribution < 1.29 is 9.53 Å². The van der Waals surface area contributed by atoms with Crippen LogP contribution in [-0.4, -0.2) is 64.7 Å². The highest BCUT2D eigenvalue weighted by Crippen LogP contribution is 2.32. The van der Waals surface area contributed by atoms with Crippen molar-refractivity contribution in [3.8, 4) is 5.75 Å². The summed E-state index contributed by atoms with van der Waals surface area (Å²) >= 11 is 5.96. The van der Waals surface area contributed by atoms with Crippen LogP contribution in [0.1, 0.15) is 25.7 Å². The molecule has 0 radical (unpaired) electrons. The van der Waals surface area contributed by atoms with E-state index in [2.05, 4.69) is 37.3 Å². The van der Waals surface area contributed by atoms with Crippen LogP contribution in [0.5, 0.6) is 5.75 Å². The summed E-state index contributed by atoms with van der Waals surface area (Å²) in [4.78, 5) is 29.7.